The minimum absolute atomic E-state index is 1.02. The Balaban J connectivity index is 2.56. The summed E-state index contributed by atoms with van der Waals surface area (Å²) in [6, 6.07) is 8.43. The molecule has 3 aromatic rings. The molecule has 2 aromatic heterocycles. The van der Waals surface area contributed by atoms with Gasteiger partial charge in [0.15, 0.2) is 0 Å². The molecule has 0 bridgehead atoms. The van der Waals surface area contributed by atoms with Crippen molar-refractivity contribution in [3.05, 3.63) is 30.5 Å². The van der Waals surface area contributed by atoms with Gasteiger partial charge in [-0.1, -0.05) is 18.2 Å². The van der Waals surface area contributed by atoms with E-state index in [0.29, 0.717) is 0 Å². The van der Waals surface area contributed by atoms with Gasteiger partial charge in [-0.2, -0.15) is 5.10 Å². The predicted molar refractivity (Wildman–Crippen MR) is 66.7 cm³/mol. The first-order chi connectivity index (χ1) is 7.40. The van der Waals surface area contributed by atoms with Crippen molar-refractivity contribution >= 4 is 43.3 Å². The second kappa shape index (κ2) is 3.47. The minimum Gasteiger partial charge on any atom is -0.156 e. The van der Waals surface area contributed by atoms with E-state index in [2.05, 4.69) is 34.5 Å². The van der Waals surface area contributed by atoms with Crippen LogP contribution in [-0.2, 0) is 0 Å². The number of rotatable bonds is 1. The van der Waals surface area contributed by atoms with Crippen molar-refractivity contribution in [3.63, 3.8) is 0 Å². The maximum Gasteiger partial charge on any atom is 0.128 e. The van der Waals surface area contributed by atoms with Crippen LogP contribution in [0, 0.1) is 0 Å². The molecule has 0 aliphatic rings. The Morgan fingerprint density at radius 2 is 2.07 bits per heavy atom. The Labute approximate surface area is 95.3 Å². The standard InChI is InChI=1S/C11H8N2S2/c1-14-11-10-7-4-2-3-5-8(7)15-9(10)6-12-13-11/h2-6H,1H3. The highest BCUT2D eigenvalue weighted by molar-refractivity contribution is 7.98. The Morgan fingerprint density at radius 1 is 1.20 bits per heavy atom. The second-order valence-electron chi connectivity index (χ2n) is 3.19. The number of thiophene rings is 1. The van der Waals surface area contributed by atoms with Gasteiger partial charge >= 0.3 is 0 Å². The normalized spacial score (nSPS) is 11.3. The molecule has 0 radical (unpaired) electrons. The molecule has 0 unspecified atom stereocenters. The van der Waals surface area contributed by atoms with Crippen LogP contribution in [0.15, 0.2) is 35.5 Å². The summed E-state index contributed by atoms with van der Waals surface area (Å²) in [5, 5.41) is 11.7. The summed E-state index contributed by atoms with van der Waals surface area (Å²) in [5.41, 5.74) is 0. The molecule has 0 amide bonds. The van der Waals surface area contributed by atoms with Crippen LogP contribution >= 0.6 is 23.1 Å². The zero-order valence-corrected chi connectivity index (χ0v) is 9.73. The topological polar surface area (TPSA) is 25.8 Å². The van der Waals surface area contributed by atoms with Gasteiger partial charge in [0.2, 0.25) is 0 Å². The van der Waals surface area contributed by atoms with Crippen LogP contribution in [0.1, 0.15) is 0 Å². The number of hydrogen-bond acceptors (Lipinski definition) is 4. The van der Waals surface area contributed by atoms with Gasteiger partial charge in [0.05, 0.1) is 10.9 Å². The van der Waals surface area contributed by atoms with Crippen molar-refractivity contribution in [2.45, 2.75) is 5.03 Å². The van der Waals surface area contributed by atoms with E-state index in [1.54, 1.807) is 23.1 Å². The average molecular weight is 232 g/mol. The third-order valence-electron chi connectivity index (χ3n) is 2.35. The zero-order chi connectivity index (χ0) is 10.3. The lowest BCUT2D eigenvalue weighted by Crippen LogP contribution is -1.83. The maximum absolute atomic E-state index is 4.17. The maximum atomic E-state index is 4.17. The summed E-state index contributed by atoms with van der Waals surface area (Å²) in [6.07, 6.45) is 3.88. The van der Waals surface area contributed by atoms with Gasteiger partial charge in [0, 0.05) is 15.5 Å². The van der Waals surface area contributed by atoms with E-state index in [0.717, 1.165) is 5.03 Å². The van der Waals surface area contributed by atoms with Crippen LogP contribution in [0.4, 0.5) is 0 Å². The predicted octanol–water partition coefficient (Wildman–Crippen LogP) is 3.57. The van der Waals surface area contributed by atoms with Crippen molar-refractivity contribution in [2.24, 2.45) is 0 Å². The number of thioether (sulfide) groups is 1. The van der Waals surface area contributed by atoms with Crippen molar-refractivity contribution < 1.29 is 0 Å². The quantitative estimate of drug-likeness (QED) is 0.600. The number of fused-ring (bicyclic) bond motifs is 3. The van der Waals surface area contributed by atoms with Gasteiger partial charge in [-0.25, -0.2) is 0 Å². The highest BCUT2D eigenvalue weighted by Gasteiger charge is 2.09. The Hall–Kier alpha value is -1.13. The van der Waals surface area contributed by atoms with E-state index in [9.17, 15) is 0 Å². The Bertz CT molecular complexity index is 631. The molecule has 2 heterocycles. The molecular formula is C11H8N2S2. The van der Waals surface area contributed by atoms with E-state index in [4.69, 9.17) is 0 Å². The fraction of sp³-hybridized carbons (Fsp3) is 0.0909. The summed E-state index contributed by atoms with van der Waals surface area (Å²) in [7, 11) is 0. The number of hydrogen-bond donors (Lipinski definition) is 0. The van der Waals surface area contributed by atoms with Gasteiger partial charge in [-0.05, 0) is 12.3 Å². The van der Waals surface area contributed by atoms with Crippen molar-refractivity contribution in [2.75, 3.05) is 6.26 Å². The van der Waals surface area contributed by atoms with E-state index in [1.807, 2.05) is 12.5 Å². The summed E-state index contributed by atoms with van der Waals surface area (Å²) in [6.45, 7) is 0. The molecule has 0 aliphatic heterocycles. The first-order valence-corrected chi connectivity index (χ1v) is 6.61. The Morgan fingerprint density at radius 3 is 2.93 bits per heavy atom. The van der Waals surface area contributed by atoms with Crippen molar-refractivity contribution in [3.8, 4) is 0 Å². The highest BCUT2D eigenvalue weighted by Crippen LogP contribution is 2.36. The van der Waals surface area contributed by atoms with E-state index >= 15 is 0 Å². The lowest BCUT2D eigenvalue weighted by molar-refractivity contribution is 0.961. The fourth-order valence-electron chi connectivity index (χ4n) is 1.70. The largest absolute Gasteiger partial charge is 0.156 e. The van der Waals surface area contributed by atoms with Crippen molar-refractivity contribution in [1.82, 2.24) is 10.2 Å². The van der Waals surface area contributed by atoms with Gasteiger partial charge in [0.25, 0.3) is 0 Å². The fourth-order valence-corrected chi connectivity index (χ4v) is 3.39. The van der Waals surface area contributed by atoms with E-state index in [-0.39, 0.29) is 0 Å². The van der Waals surface area contributed by atoms with Crippen LogP contribution < -0.4 is 0 Å². The first-order valence-electron chi connectivity index (χ1n) is 4.57. The number of aromatic nitrogens is 2. The number of benzene rings is 1. The van der Waals surface area contributed by atoms with Gasteiger partial charge in [-0.3, -0.25) is 0 Å². The molecule has 4 heteroatoms. The lowest BCUT2D eigenvalue weighted by atomic mass is 10.2. The molecule has 0 fully saturated rings. The van der Waals surface area contributed by atoms with Crippen LogP contribution in [0.2, 0.25) is 0 Å². The van der Waals surface area contributed by atoms with Crippen LogP contribution in [0.5, 0.6) is 0 Å². The van der Waals surface area contributed by atoms with Gasteiger partial charge < -0.3 is 0 Å². The average Bonchev–Trinajstić information content (AvgIpc) is 2.67. The summed E-state index contributed by atoms with van der Waals surface area (Å²) in [4.78, 5) is 0. The van der Waals surface area contributed by atoms with E-state index < -0.39 is 0 Å². The third kappa shape index (κ3) is 1.33. The number of nitrogens with zero attached hydrogens (tertiary/aromatic N) is 2. The first kappa shape index (κ1) is 9.12. The molecule has 74 valence electrons. The van der Waals surface area contributed by atoms with Crippen molar-refractivity contribution in [1.29, 1.82) is 0 Å². The zero-order valence-electron chi connectivity index (χ0n) is 8.10. The second-order valence-corrected chi connectivity index (χ2v) is 5.07. The molecule has 1 aromatic carbocycles. The van der Waals surface area contributed by atoms with E-state index in [1.165, 1.54) is 20.2 Å². The van der Waals surface area contributed by atoms with Crippen LogP contribution in [-0.4, -0.2) is 16.5 Å². The molecule has 0 N–H and O–H groups in total. The smallest absolute Gasteiger partial charge is 0.128 e. The summed E-state index contributed by atoms with van der Waals surface area (Å²) in [5.74, 6) is 0. The molecule has 0 saturated heterocycles. The highest BCUT2D eigenvalue weighted by atomic mass is 32.2. The lowest BCUT2D eigenvalue weighted by Gasteiger charge is -1.96. The molecule has 0 saturated carbocycles. The molecule has 15 heavy (non-hydrogen) atoms. The molecule has 0 aliphatic carbocycles. The summed E-state index contributed by atoms with van der Waals surface area (Å²) < 4.78 is 2.52. The van der Waals surface area contributed by atoms with Crippen LogP contribution in [0.3, 0.4) is 0 Å². The molecular weight excluding hydrogens is 224 g/mol. The molecule has 2 nitrogen and oxygen atoms in total. The van der Waals surface area contributed by atoms with Gasteiger partial charge in [0.1, 0.15) is 5.03 Å². The molecule has 3 rings (SSSR count). The monoisotopic (exact) mass is 232 g/mol. The molecule has 0 spiro atoms. The Kier molecular flexibility index (Phi) is 2.11. The van der Waals surface area contributed by atoms with Crippen LogP contribution in [0.25, 0.3) is 20.2 Å². The van der Waals surface area contributed by atoms with Gasteiger partial charge in [-0.15, -0.1) is 28.2 Å². The minimum atomic E-state index is 1.02. The SMILES string of the molecule is CSc1nncc2sc3ccccc3c12. The molecule has 0 atom stereocenters. The summed E-state index contributed by atoms with van der Waals surface area (Å²) >= 11 is 3.43. The third-order valence-corrected chi connectivity index (χ3v) is 4.13.